The van der Waals surface area contributed by atoms with Crippen molar-refractivity contribution in [1.82, 2.24) is 0 Å². The Kier molecular flexibility index (Phi) is 3.25. The summed E-state index contributed by atoms with van der Waals surface area (Å²) in [6, 6.07) is 6.16. The number of nitrogens with zero attached hydrogens (tertiary/aromatic N) is 1. The Morgan fingerprint density at radius 1 is 1.50 bits per heavy atom. The van der Waals surface area contributed by atoms with E-state index in [2.05, 4.69) is 6.07 Å². The lowest BCUT2D eigenvalue weighted by Gasteiger charge is -2.17. The summed E-state index contributed by atoms with van der Waals surface area (Å²) in [5, 5.41) is 0. The van der Waals surface area contributed by atoms with Gasteiger partial charge in [0.15, 0.2) is 0 Å². The molecule has 86 valence electrons. The van der Waals surface area contributed by atoms with Gasteiger partial charge in [-0.25, -0.2) is 0 Å². The van der Waals surface area contributed by atoms with Gasteiger partial charge in [0.05, 0.1) is 0 Å². The van der Waals surface area contributed by atoms with Gasteiger partial charge in [-0.2, -0.15) is 0 Å². The van der Waals surface area contributed by atoms with Crippen LogP contribution in [-0.2, 0) is 17.8 Å². The van der Waals surface area contributed by atoms with Gasteiger partial charge in [-0.15, -0.1) is 0 Å². The number of carbonyl (C=O) groups excluding carboxylic acids is 1. The first-order chi connectivity index (χ1) is 7.76. The van der Waals surface area contributed by atoms with Crippen molar-refractivity contribution in [2.45, 2.75) is 32.7 Å². The average Bonchev–Trinajstić information content (AvgIpc) is 2.71. The third-order valence-corrected chi connectivity index (χ3v) is 3.04. The van der Waals surface area contributed by atoms with Gasteiger partial charge in [-0.3, -0.25) is 4.79 Å². The molecule has 1 aromatic carbocycles. The van der Waals surface area contributed by atoms with Crippen LogP contribution in [0.2, 0.25) is 0 Å². The Morgan fingerprint density at radius 2 is 2.31 bits per heavy atom. The minimum Gasteiger partial charge on any atom is -0.326 e. The van der Waals surface area contributed by atoms with E-state index in [0.29, 0.717) is 13.0 Å². The highest BCUT2D eigenvalue weighted by atomic mass is 16.2. The van der Waals surface area contributed by atoms with Gasteiger partial charge >= 0.3 is 0 Å². The predicted molar refractivity (Wildman–Crippen MR) is 65.3 cm³/mol. The summed E-state index contributed by atoms with van der Waals surface area (Å²) in [5.74, 6) is 0.238. The summed E-state index contributed by atoms with van der Waals surface area (Å²) in [7, 11) is 0. The first-order valence-electron chi connectivity index (χ1n) is 5.88. The quantitative estimate of drug-likeness (QED) is 0.841. The van der Waals surface area contributed by atoms with Crippen molar-refractivity contribution >= 4 is 11.6 Å². The summed E-state index contributed by atoms with van der Waals surface area (Å²) < 4.78 is 0. The normalized spacial score (nSPS) is 14.0. The number of anilines is 1. The molecule has 3 nitrogen and oxygen atoms in total. The Hall–Kier alpha value is -1.35. The molecular formula is C13H18N2O. The van der Waals surface area contributed by atoms with E-state index in [1.165, 1.54) is 5.56 Å². The first kappa shape index (κ1) is 11.1. The fourth-order valence-corrected chi connectivity index (χ4v) is 2.19. The molecule has 16 heavy (non-hydrogen) atoms. The number of benzene rings is 1. The molecule has 1 aromatic rings. The van der Waals surface area contributed by atoms with Gasteiger partial charge in [0.1, 0.15) is 0 Å². The van der Waals surface area contributed by atoms with Gasteiger partial charge in [-0.05, 0) is 30.0 Å². The maximum absolute atomic E-state index is 11.9. The Bertz CT molecular complexity index is 401. The molecule has 1 aliphatic heterocycles. The van der Waals surface area contributed by atoms with Crippen LogP contribution in [0.3, 0.4) is 0 Å². The third-order valence-electron chi connectivity index (χ3n) is 3.04. The molecule has 0 saturated carbocycles. The SMILES string of the molecule is CCCC(=O)N1CCc2cc(CN)ccc21. The summed E-state index contributed by atoms with van der Waals surface area (Å²) in [5.41, 5.74) is 9.08. The fourth-order valence-electron chi connectivity index (χ4n) is 2.19. The van der Waals surface area contributed by atoms with Gasteiger partial charge in [0.2, 0.25) is 5.91 Å². The molecule has 0 aliphatic carbocycles. The molecule has 2 N–H and O–H groups in total. The standard InChI is InChI=1S/C13H18N2O/c1-2-3-13(16)15-7-6-11-8-10(9-14)4-5-12(11)15/h4-5,8H,2-3,6-7,9,14H2,1H3. The molecular weight excluding hydrogens is 200 g/mol. The van der Waals surface area contributed by atoms with Crippen LogP contribution in [0.1, 0.15) is 30.9 Å². The second-order valence-electron chi connectivity index (χ2n) is 4.21. The van der Waals surface area contributed by atoms with Crippen LogP contribution >= 0.6 is 0 Å². The summed E-state index contributed by atoms with van der Waals surface area (Å²) in [6.07, 6.45) is 2.50. The van der Waals surface area contributed by atoms with Crippen LogP contribution in [0.5, 0.6) is 0 Å². The third kappa shape index (κ3) is 1.95. The highest BCUT2D eigenvalue weighted by Gasteiger charge is 2.23. The average molecular weight is 218 g/mol. The molecule has 0 radical (unpaired) electrons. The maximum atomic E-state index is 11.9. The number of amides is 1. The van der Waals surface area contributed by atoms with Crippen LogP contribution in [0.4, 0.5) is 5.69 Å². The molecule has 0 fully saturated rings. The van der Waals surface area contributed by atoms with Crippen LogP contribution in [-0.4, -0.2) is 12.5 Å². The van der Waals surface area contributed by atoms with Crippen LogP contribution in [0, 0.1) is 0 Å². The Balaban J connectivity index is 2.23. The van der Waals surface area contributed by atoms with Crippen molar-refractivity contribution in [3.63, 3.8) is 0 Å². The molecule has 0 unspecified atom stereocenters. The molecule has 0 aromatic heterocycles. The smallest absolute Gasteiger partial charge is 0.226 e. The number of nitrogens with two attached hydrogens (primary N) is 1. The van der Waals surface area contributed by atoms with E-state index < -0.39 is 0 Å². The molecule has 0 saturated heterocycles. The molecule has 1 aliphatic rings. The number of hydrogen-bond acceptors (Lipinski definition) is 2. The van der Waals surface area contributed by atoms with E-state index in [1.807, 2.05) is 24.0 Å². The van der Waals surface area contributed by atoms with Crippen LogP contribution in [0.25, 0.3) is 0 Å². The second kappa shape index (κ2) is 4.66. The predicted octanol–water partition coefficient (Wildman–Crippen LogP) is 1.83. The van der Waals surface area contributed by atoms with Crippen LogP contribution < -0.4 is 10.6 Å². The summed E-state index contributed by atoms with van der Waals surface area (Å²) in [4.78, 5) is 13.8. The largest absolute Gasteiger partial charge is 0.326 e. The van der Waals surface area contributed by atoms with Gasteiger partial charge in [0, 0.05) is 25.2 Å². The summed E-state index contributed by atoms with van der Waals surface area (Å²) in [6.45, 7) is 3.42. The molecule has 1 amide bonds. The summed E-state index contributed by atoms with van der Waals surface area (Å²) >= 11 is 0. The molecule has 0 spiro atoms. The maximum Gasteiger partial charge on any atom is 0.226 e. The number of rotatable bonds is 3. The van der Waals surface area contributed by atoms with E-state index in [-0.39, 0.29) is 5.91 Å². The molecule has 3 heteroatoms. The fraction of sp³-hybridized carbons (Fsp3) is 0.462. The van der Waals surface area contributed by atoms with Crippen LogP contribution in [0.15, 0.2) is 18.2 Å². The topological polar surface area (TPSA) is 46.3 Å². The lowest BCUT2D eigenvalue weighted by Crippen LogP contribution is -2.28. The first-order valence-corrected chi connectivity index (χ1v) is 5.88. The second-order valence-corrected chi connectivity index (χ2v) is 4.21. The Labute approximate surface area is 96.2 Å². The number of carbonyl (C=O) groups is 1. The lowest BCUT2D eigenvalue weighted by molar-refractivity contribution is -0.118. The van der Waals surface area contributed by atoms with Gasteiger partial charge < -0.3 is 10.6 Å². The van der Waals surface area contributed by atoms with Crippen molar-refractivity contribution in [2.24, 2.45) is 5.73 Å². The van der Waals surface area contributed by atoms with Crippen molar-refractivity contribution < 1.29 is 4.79 Å². The highest BCUT2D eigenvalue weighted by Crippen LogP contribution is 2.29. The zero-order valence-electron chi connectivity index (χ0n) is 9.70. The minimum atomic E-state index is 0.238. The highest BCUT2D eigenvalue weighted by molar-refractivity contribution is 5.95. The van der Waals surface area contributed by atoms with Gasteiger partial charge in [-0.1, -0.05) is 19.1 Å². The van der Waals surface area contributed by atoms with Crippen molar-refractivity contribution in [3.05, 3.63) is 29.3 Å². The van der Waals surface area contributed by atoms with E-state index >= 15 is 0 Å². The van der Waals surface area contributed by atoms with E-state index in [0.717, 1.165) is 30.6 Å². The van der Waals surface area contributed by atoms with Gasteiger partial charge in [0.25, 0.3) is 0 Å². The Morgan fingerprint density at radius 3 is 3.00 bits per heavy atom. The monoisotopic (exact) mass is 218 g/mol. The zero-order chi connectivity index (χ0) is 11.5. The molecule has 1 heterocycles. The number of fused-ring (bicyclic) bond motifs is 1. The zero-order valence-corrected chi connectivity index (χ0v) is 9.70. The molecule has 0 bridgehead atoms. The minimum absolute atomic E-state index is 0.238. The number of hydrogen-bond donors (Lipinski definition) is 1. The van der Waals surface area contributed by atoms with E-state index in [9.17, 15) is 4.79 Å². The molecule has 2 rings (SSSR count). The van der Waals surface area contributed by atoms with Crippen molar-refractivity contribution in [1.29, 1.82) is 0 Å². The molecule has 0 atom stereocenters. The van der Waals surface area contributed by atoms with E-state index in [1.54, 1.807) is 0 Å². The lowest BCUT2D eigenvalue weighted by atomic mass is 10.1. The van der Waals surface area contributed by atoms with Crippen molar-refractivity contribution in [3.8, 4) is 0 Å². The van der Waals surface area contributed by atoms with Crippen molar-refractivity contribution in [2.75, 3.05) is 11.4 Å². The van der Waals surface area contributed by atoms with E-state index in [4.69, 9.17) is 5.73 Å².